The lowest BCUT2D eigenvalue weighted by Crippen LogP contribution is -2.52. The Labute approximate surface area is 206 Å². The van der Waals surface area contributed by atoms with Crippen molar-refractivity contribution in [2.45, 2.75) is 62.4 Å². The average molecular weight is 481 g/mol. The fourth-order valence-electron chi connectivity index (χ4n) is 6.24. The standard InChI is InChI=1S/C28H33ClN2O3/c29-23-11-6-10-22(18-23)28(13-15-34-16-14-28)19-30-26(32)25-17-21-9-4-5-12-24(21)31(25)27(33)20-7-2-1-3-8-20/h1-3,6-8,10-11,18,21,24-25H,4-5,9,12-17,19H2,(H,30,32). The third kappa shape index (κ3) is 4.60. The van der Waals surface area contributed by atoms with Gasteiger partial charge >= 0.3 is 0 Å². The second-order valence-corrected chi connectivity index (χ2v) is 10.5. The third-order valence-corrected chi connectivity index (χ3v) is 8.37. The van der Waals surface area contributed by atoms with Crippen LogP contribution in [-0.4, -0.2) is 48.6 Å². The maximum Gasteiger partial charge on any atom is 0.254 e. The van der Waals surface area contributed by atoms with Gasteiger partial charge in [-0.25, -0.2) is 0 Å². The molecule has 0 aromatic heterocycles. The van der Waals surface area contributed by atoms with Crippen molar-refractivity contribution in [3.8, 4) is 0 Å². The molecule has 2 saturated heterocycles. The molecule has 5 rings (SSSR count). The van der Waals surface area contributed by atoms with E-state index < -0.39 is 6.04 Å². The van der Waals surface area contributed by atoms with E-state index in [-0.39, 0.29) is 23.3 Å². The molecule has 180 valence electrons. The van der Waals surface area contributed by atoms with Gasteiger partial charge in [0.1, 0.15) is 6.04 Å². The first-order valence-electron chi connectivity index (χ1n) is 12.6. The lowest BCUT2D eigenvalue weighted by Gasteiger charge is -2.39. The van der Waals surface area contributed by atoms with Gasteiger partial charge < -0.3 is 15.0 Å². The highest BCUT2D eigenvalue weighted by Gasteiger charge is 2.48. The van der Waals surface area contributed by atoms with E-state index in [9.17, 15) is 9.59 Å². The van der Waals surface area contributed by atoms with E-state index in [4.69, 9.17) is 16.3 Å². The van der Waals surface area contributed by atoms with Crippen molar-refractivity contribution in [1.29, 1.82) is 0 Å². The smallest absolute Gasteiger partial charge is 0.254 e. The number of hydrogen-bond acceptors (Lipinski definition) is 3. The van der Waals surface area contributed by atoms with Gasteiger partial charge in [0.05, 0.1) is 0 Å². The summed E-state index contributed by atoms with van der Waals surface area (Å²) >= 11 is 6.31. The molecule has 3 fully saturated rings. The Morgan fingerprint density at radius 3 is 2.56 bits per heavy atom. The van der Waals surface area contributed by atoms with Crippen LogP contribution in [0.3, 0.4) is 0 Å². The van der Waals surface area contributed by atoms with Crippen LogP contribution in [0.4, 0.5) is 0 Å². The number of nitrogens with one attached hydrogen (secondary N) is 1. The molecule has 3 unspecified atom stereocenters. The van der Waals surface area contributed by atoms with Gasteiger partial charge in [0.25, 0.3) is 5.91 Å². The monoisotopic (exact) mass is 480 g/mol. The number of rotatable bonds is 5. The Kier molecular flexibility index (Phi) is 6.94. The van der Waals surface area contributed by atoms with Crippen LogP contribution in [0.5, 0.6) is 0 Å². The number of fused-ring (bicyclic) bond motifs is 1. The molecular weight excluding hydrogens is 448 g/mol. The van der Waals surface area contributed by atoms with Crippen LogP contribution < -0.4 is 5.32 Å². The largest absolute Gasteiger partial charge is 0.381 e. The Balaban J connectivity index is 1.37. The molecule has 1 aliphatic carbocycles. The number of carbonyl (C=O) groups excluding carboxylic acids is 2. The zero-order valence-electron chi connectivity index (χ0n) is 19.5. The molecule has 0 spiro atoms. The number of nitrogens with zero attached hydrogens (tertiary/aromatic N) is 1. The minimum atomic E-state index is -0.419. The molecule has 1 N–H and O–H groups in total. The summed E-state index contributed by atoms with van der Waals surface area (Å²) in [5, 5.41) is 3.97. The molecule has 2 heterocycles. The quantitative estimate of drug-likeness (QED) is 0.656. The zero-order chi connectivity index (χ0) is 23.5. The molecule has 3 aliphatic rings. The summed E-state index contributed by atoms with van der Waals surface area (Å²) in [5.41, 5.74) is 1.59. The van der Waals surface area contributed by atoms with Crippen molar-refractivity contribution in [2.75, 3.05) is 19.8 Å². The summed E-state index contributed by atoms with van der Waals surface area (Å²) in [7, 11) is 0. The summed E-state index contributed by atoms with van der Waals surface area (Å²) in [6.07, 6.45) is 6.79. The molecule has 5 nitrogen and oxygen atoms in total. The van der Waals surface area contributed by atoms with Crippen molar-refractivity contribution in [2.24, 2.45) is 5.92 Å². The van der Waals surface area contributed by atoms with Crippen molar-refractivity contribution in [1.82, 2.24) is 10.2 Å². The van der Waals surface area contributed by atoms with E-state index in [2.05, 4.69) is 11.4 Å². The van der Waals surface area contributed by atoms with E-state index >= 15 is 0 Å². The lowest BCUT2D eigenvalue weighted by atomic mass is 9.74. The maximum atomic E-state index is 13.7. The molecular formula is C28H33ClN2O3. The fourth-order valence-corrected chi connectivity index (χ4v) is 6.43. The highest BCUT2D eigenvalue weighted by molar-refractivity contribution is 6.30. The van der Waals surface area contributed by atoms with Gasteiger partial charge in [0.2, 0.25) is 5.91 Å². The number of carbonyl (C=O) groups is 2. The maximum absolute atomic E-state index is 13.7. The van der Waals surface area contributed by atoms with Crippen LogP contribution in [0.2, 0.25) is 5.02 Å². The molecule has 34 heavy (non-hydrogen) atoms. The zero-order valence-corrected chi connectivity index (χ0v) is 20.3. The van der Waals surface area contributed by atoms with Crippen molar-refractivity contribution in [3.05, 3.63) is 70.7 Å². The number of halogens is 1. The first-order valence-corrected chi connectivity index (χ1v) is 12.9. The highest BCUT2D eigenvalue weighted by atomic mass is 35.5. The SMILES string of the molecule is O=C(NCC1(c2cccc(Cl)c2)CCOCC1)C1CC2CCCCC2N1C(=O)c1ccccc1. The summed E-state index contributed by atoms with van der Waals surface area (Å²) in [6.45, 7) is 1.85. The van der Waals surface area contributed by atoms with Crippen LogP contribution >= 0.6 is 11.6 Å². The Bertz CT molecular complexity index is 1020. The minimum Gasteiger partial charge on any atom is -0.381 e. The molecule has 0 bridgehead atoms. The molecule has 2 aromatic rings. The summed E-state index contributed by atoms with van der Waals surface area (Å²) in [6, 6.07) is 17.1. The first-order chi connectivity index (χ1) is 16.6. The first kappa shape index (κ1) is 23.4. The third-order valence-electron chi connectivity index (χ3n) is 8.13. The number of likely N-dealkylation sites (tertiary alicyclic amines) is 1. The normalized spacial score (nSPS) is 26.0. The van der Waals surface area contributed by atoms with Gasteiger partial charge in [-0.05, 0) is 67.9 Å². The predicted octanol–water partition coefficient (Wildman–Crippen LogP) is 4.98. The second-order valence-electron chi connectivity index (χ2n) is 10.1. The fraction of sp³-hybridized carbons (Fsp3) is 0.500. The van der Waals surface area contributed by atoms with Gasteiger partial charge in [-0.3, -0.25) is 9.59 Å². The van der Waals surface area contributed by atoms with E-state index in [1.54, 1.807) is 0 Å². The van der Waals surface area contributed by atoms with Crippen molar-refractivity contribution >= 4 is 23.4 Å². The Hall–Kier alpha value is -2.37. The molecule has 3 atom stereocenters. The van der Waals surface area contributed by atoms with Gasteiger partial charge in [0, 0.05) is 41.8 Å². The van der Waals surface area contributed by atoms with E-state index in [0.29, 0.717) is 36.3 Å². The highest BCUT2D eigenvalue weighted by Crippen LogP contribution is 2.41. The number of benzene rings is 2. The molecule has 1 saturated carbocycles. The van der Waals surface area contributed by atoms with Crippen LogP contribution in [0.1, 0.15) is 60.9 Å². The van der Waals surface area contributed by atoms with E-state index in [1.165, 1.54) is 6.42 Å². The number of hydrogen-bond donors (Lipinski definition) is 1. The second kappa shape index (κ2) is 10.1. The van der Waals surface area contributed by atoms with E-state index in [1.807, 2.05) is 53.4 Å². The van der Waals surface area contributed by atoms with Gasteiger partial charge in [-0.15, -0.1) is 0 Å². The van der Waals surface area contributed by atoms with Gasteiger partial charge in [0.15, 0.2) is 0 Å². The Morgan fingerprint density at radius 2 is 1.79 bits per heavy atom. The van der Waals surface area contributed by atoms with E-state index in [0.717, 1.165) is 44.1 Å². The van der Waals surface area contributed by atoms with Crippen LogP contribution in [-0.2, 0) is 14.9 Å². The summed E-state index contributed by atoms with van der Waals surface area (Å²) in [5.74, 6) is 0.347. The lowest BCUT2D eigenvalue weighted by molar-refractivity contribution is -0.125. The predicted molar refractivity (Wildman–Crippen MR) is 133 cm³/mol. The molecule has 2 aromatic carbocycles. The van der Waals surface area contributed by atoms with Crippen LogP contribution in [0.25, 0.3) is 0 Å². The molecule has 2 amide bonds. The van der Waals surface area contributed by atoms with Crippen molar-refractivity contribution in [3.63, 3.8) is 0 Å². The Morgan fingerprint density at radius 1 is 1.03 bits per heavy atom. The molecule has 2 aliphatic heterocycles. The summed E-state index contributed by atoms with van der Waals surface area (Å²) < 4.78 is 5.65. The number of ether oxygens (including phenoxy) is 1. The molecule has 0 radical (unpaired) electrons. The van der Waals surface area contributed by atoms with Crippen LogP contribution in [0, 0.1) is 5.92 Å². The topological polar surface area (TPSA) is 58.6 Å². The van der Waals surface area contributed by atoms with Crippen LogP contribution in [0.15, 0.2) is 54.6 Å². The van der Waals surface area contributed by atoms with Gasteiger partial charge in [-0.2, -0.15) is 0 Å². The molecule has 6 heteroatoms. The van der Waals surface area contributed by atoms with Crippen molar-refractivity contribution < 1.29 is 14.3 Å². The minimum absolute atomic E-state index is 0.0224. The average Bonchev–Trinajstić information content (AvgIpc) is 3.28. The van der Waals surface area contributed by atoms with Gasteiger partial charge in [-0.1, -0.05) is 54.8 Å². The number of amides is 2. The summed E-state index contributed by atoms with van der Waals surface area (Å²) in [4.78, 5) is 29.1.